The summed E-state index contributed by atoms with van der Waals surface area (Å²) < 4.78 is 0. The van der Waals surface area contributed by atoms with Crippen LogP contribution in [0, 0.1) is 11.8 Å². The highest BCUT2D eigenvalue weighted by Crippen LogP contribution is 2.66. The first kappa shape index (κ1) is 33.8. The first-order valence-electron chi connectivity index (χ1n) is 20.0. The topological polar surface area (TPSA) is 51.0 Å². The molecule has 1 fully saturated rings. The Balaban J connectivity index is 1.02. The molecule has 4 unspecified atom stereocenters. The van der Waals surface area contributed by atoms with Gasteiger partial charge in [0.1, 0.15) is 0 Å². The van der Waals surface area contributed by atoms with Gasteiger partial charge in [-0.2, -0.15) is 0 Å². The summed E-state index contributed by atoms with van der Waals surface area (Å²) >= 11 is 0. The predicted octanol–water partition coefficient (Wildman–Crippen LogP) is 12.0. The van der Waals surface area contributed by atoms with E-state index in [4.69, 9.17) is 19.9 Å². The fourth-order valence-electron chi connectivity index (χ4n) is 10.0. The maximum absolute atomic E-state index is 5.18. The van der Waals surface area contributed by atoms with E-state index >= 15 is 0 Å². The van der Waals surface area contributed by atoms with Crippen molar-refractivity contribution in [3.8, 4) is 33.9 Å². The van der Waals surface area contributed by atoms with Crippen LogP contribution in [-0.2, 0) is 17.4 Å². The predicted molar refractivity (Wildman–Crippen MR) is 225 cm³/mol. The fourth-order valence-corrected chi connectivity index (χ4v) is 10.0. The third kappa shape index (κ3) is 5.64. The molecule has 4 aliphatic carbocycles. The smallest absolute Gasteiger partial charge is 0.164 e. The van der Waals surface area contributed by atoms with Gasteiger partial charge in [-0.3, -0.25) is 4.99 Å². The summed E-state index contributed by atoms with van der Waals surface area (Å²) in [5.74, 6) is 3.55. The molecule has 0 saturated heterocycles. The summed E-state index contributed by atoms with van der Waals surface area (Å²) in [6.45, 7) is 7.69. The van der Waals surface area contributed by atoms with Gasteiger partial charge in [0, 0.05) is 22.3 Å². The van der Waals surface area contributed by atoms with Crippen LogP contribution in [-0.4, -0.2) is 20.7 Å². The molecule has 0 amide bonds. The maximum Gasteiger partial charge on any atom is 0.164 e. The standard InChI is InChI=1S/C51H46N4/c1-33-28-40-31-51(45(40)29-33)43-23-22-41(30-42(43)46-39(20-13-21-44(46)51)32-52-34(2)35-14-7-4-8-15-35)50(3)26-24-38(25-27-50)49-54-47(36-16-9-5-10-17-36)53-48(55-49)37-18-11-6-12-19-37/h4-24,30-31,33,45H,25-29,32H2,1-3H3/b52-34+. The molecule has 4 aliphatic rings. The van der Waals surface area contributed by atoms with Gasteiger partial charge in [-0.25, -0.2) is 15.0 Å². The zero-order valence-electron chi connectivity index (χ0n) is 32.0. The molecule has 6 aromatic rings. The molecular weight excluding hydrogens is 669 g/mol. The fraction of sp³-hybridized carbons (Fsp3) is 0.255. The minimum atomic E-state index is -0.0242. The molecule has 1 aromatic heterocycles. The summed E-state index contributed by atoms with van der Waals surface area (Å²) in [6.07, 6.45) is 10.4. The zero-order chi connectivity index (χ0) is 37.1. The van der Waals surface area contributed by atoms with Crippen molar-refractivity contribution in [1.82, 2.24) is 15.0 Å². The molecule has 5 aromatic carbocycles. The van der Waals surface area contributed by atoms with E-state index in [1.54, 1.807) is 5.57 Å². The molecule has 0 N–H and O–H groups in total. The number of aliphatic imine (C=N–C) groups is 1. The average molecular weight is 715 g/mol. The van der Waals surface area contributed by atoms with Crippen LogP contribution in [0.4, 0.5) is 0 Å². The Kier molecular flexibility index (Phi) is 8.13. The van der Waals surface area contributed by atoms with Gasteiger partial charge < -0.3 is 0 Å². The van der Waals surface area contributed by atoms with Crippen LogP contribution in [0.2, 0.25) is 0 Å². The third-order valence-electron chi connectivity index (χ3n) is 13.1. The van der Waals surface area contributed by atoms with Gasteiger partial charge >= 0.3 is 0 Å². The molecule has 0 bridgehead atoms. The van der Waals surface area contributed by atoms with Crippen molar-refractivity contribution < 1.29 is 0 Å². The number of rotatable bonds is 7. The Morgan fingerprint density at radius 1 is 0.745 bits per heavy atom. The summed E-state index contributed by atoms with van der Waals surface area (Å²) in [5.41, 5.74) is 15.7. The summed E-state index contributed by atoms with van der Waals surface area (Å²) in [6, 6.07) is 45.6. The van der Waals surface area contributed by atoms with Crippen LogP contribution in [0.15, 0.2) is 150 Å². The van der Waals surface area contributed by atoms with Gasteiger partial charge in [0.25, 0.3) is 0 Å². The first-order valence-corrected chi connectivity index (χ1v) is 20.0. The number of nitrogens with zero attached hydrogens (tertiary/aromatic N) is 4. The Morgan fingerprint density at radius 2 is 1.42 bits per heavy atom. The highest BCUT2D eigenvalue weighted by molar-refractivity contribution is 5.98. The van der Waals surface area contributed by atoms with Crippen molar-refractivity contribution >= 4 is 11.3 Å². The molecule has 4 heteroatoms. The van der Waals surface area contributed by atoms with E-state index in [2.05, 4.69) is 124 Å². The lowest BCUT2D eigenvalue weighted by Crippen LogP contribution is -2.40. The van der Waals surface area contributed by atoms with E-state index in [0.717, 1.165) is 47.8 Å². The van der Waals surface area contributed by atoms with Gasteiger partial charge in [0.05, 0.1) is 6.54 Å². The molecule has 1 spiro atoms. The van der Waals surface area contributed by atoms with E-state index < -0.39 is 0 Å². The third-order valence-corrected chi connectivity index (χ3v) is 13.1. The summed E-state index contributed by atoms with van der Waals surface area (Å²) in [4.78, 5) is 20.2. The molecule has 270 valence electrons. The van der Waals surface area contributed by atoms with Crippen molar-refractivity contribution in [2.75, 3.05) is 0 Å². The highest BCUT2D eigenvalue weighted by Gasteiger charge is 2.57. The maximum atomic E-state index is 5.18. The number of fused-ring (bicyclic) bond motifs is 7. The Labute approximate surface area is 324 Å². The minimum Gasteiger partial charge on any atom is -0.285 e. The Bertz CT molecular complexity index is 2480. The Morgan fingerprint density at radius 3 is 2.07 bits per heavy atom. The largest absolute Gasteiger partial charge is 0.285 e. The van der Waals surface area contributed by atoms with E-state index in [9.17, 15) is 0 Å². The normalized spacial score (nSPS) is 23.7. The number of benzene rings is 5. The molecule has 1 heterocycles. The Hall–Kier alpha value is -5.74. The number of hydrogen-bond acceptors (Lipinski definition) is 4. The second-order valence-electron chi connectivity index (χ2n) is 16.6. The van der Waals surface area contributed by atoms with Gasteiger partial charge in [-0.15, -0.1) is 0 Å². The molecule has 4 nitrogen and oxygen atoms in total. The number of allylic oxidation sites excluding steroid dienone is 4. The SMILES string of the molecule is C/C(=N\Cc1cccc2c1-c1cc(C3(C)CC=C(c4nc(-c5ccccc5)nc(-c5ccccc5)n4)CC3)ccc1C21C=C2CC(C)CC21)c1ccccc1. The van der Waals surface area contributed by atoms with Gasteiger partial charge in [-0.05, 0) is 101 Å². The second kappa shape index (κ2) is 13.2. The van der Waals surface area contributed by atoms with Gasteiger partial charge in [-0.1, -0.05) is 159 Å². The summed E-state index contributed by atoms with van der Waals surface area (Å²) in [7, 11) is 0. The summed E-state index contributed by atoms with van der Waals surface area (Å²) in [5, 5.41) is 0. The highest BCUT2D eigenvalue weighted by atomic mass is 15.0. The zero-order valence-corrected chi connectivity index (χ0v) is 32.0. The van der Waals surface area contributed by atoms with Crippen LogP contribution < -0.4 is 0 Å². The second-order valence-corrected chi connectivity index (χ2v) is 16.6. The lowest BCUT2D eigenvalue weighted by atomic mass is 9.58. The molecular formula is C51H46N4. The van der Waals surface area contributed by atoms with Crippen LogP contribution in [0.1, 0.15) is 86.5 Å². The molecule has 1 saturated carbocycles. The molecule has 10 rings (SSSR count). The molecule has 55 heavy (non-hydrogen) atoms. The van der Waals surface area contributed by atoms with Crippen molar-refractivity contribution in [2.24, 2.45) is 16.8 Å². The van der Waals surface area contributed by atoms with Gasteiger partial charge in [0.2, 0.25) is 0 Å². The first-order chi connectivity index (χ1) is 26.9. The van der Waals surface area contributed by atoms with E-state index in [1.807, 2.05) is 36.4 Å². The molecule has 0 radical (unpaired) electrons. The quantitative estimate of drug-likeness (QED) is 0.122. The van der Waals surface area contributed by atoms with Crippen molar-refractivity contribution in [2.45, 2.75) is 70.3 Å². The minimum absolute atomic E-state index is 0.00846. The molecule has 0 aliphatic heterocycles. The average Bonchev–Trinajstić information content (AvgIpc) is 3.71. The van der Waals surface area contributed by atoms with E-state index in [-0.39, 0.29) is 10.8 Å². The van der Waals surface area contributed by atoms with Crippen LogP contribution in [0.3, 0.4) is 0 Å². The van der Waals surface area contributed by atoms with Crippen LogP contribution in [0.25, 0.3) is 39.5 Å². The lowest BCUT2D eigenvalue weighted by Gasteiger charge is -2.44. The van der Waals surface area contributed by atoms with Gasteiger partial charge in [0.15, 0.2) is 17.5 Å². The molecule has 4 atom stereocenters. The van der Waals surface area contributed by atoms with Crippen molar-refractivity contribution in [3.63, 3.8) is 0 Å². The number of aromatic nitrogens is 3. The van der Waals surface area contributed by atoms with Crippen molar-refractivity contribution in [1.29, 1.82) is 0 Å². The van der Waals surface area contributed by atoms with E-state index in [1.165, 1.54) is 57.4 Å². The van der Waals surface area contributed by atoms with Crippen molar-refractivity contribution in [3.05, 3.63) is 179 Å². The monoisotopic (exact) mass is 714 g/mol. The number of hydrogen-bond donors (Lipinski definition) is 0. The van der Waals surface area contributed by atoms with E-state index in [0.29, 0.717) is 24.1 Å². The van der Waals surface area contributed by atoms with Crippen LogP contribution in [0.5, 0.6) is 0 Å². The van der Waals surface area contributed by atoms with Crippen LogP contribution >= 0.6 is 0 Å². The lowest BCUT2D eigenvalue weighted by molar-refractivity contribution is 0.386.